The molecule has 6 heteroatoms. The van der Waals surface area contributed by atoms with Gasteiger partial charge in [0.05, 0.1) is 0 Å². The van der Waals surface area contributed by atoms with E-state index >= 15 is 0 Å². The Morgan fingerprint density at radius 3 is 2.73 bits per heavy atom. The Morgan fingerprint density at radius 2 is 2.00 bits per heavy atom. The zero-order valence-corrected chi connectivity index (χ0v) is 14.9. The van der Waals surface area contributed by atoms with Crippen molar-refractivity contribution < 1.29 is 14.0 Å². The largest absolute Gasteiger partial charge is 0.334 e. The van der Waals surface area contributed by atoms with Gasteiger partial charge in [-0.3, -0.25) is 4.79 Å². The fourth-order valence-corrected chi connectivity index (χ4v) is 3.04. The first kappa shape index (κ1) is 17.9. The zero-order valence-electron chi connectivity index (χ0n) is 14.9. The van der Waals surface area contributed by atoms with E-state index in [1.807, 2.05) is 30.0 Å². The number of urea groups is 1. The number of benzene rings is 2. The number of halogens is 1. The molecule has 0 saturated carbocycles. The summed E-state index contributed by atoms with van der Waals surface area (Å²) < 4.78 is 13.5. The third kappa shape index (κ3) is 3.85. The molecule has 2 N–H and O–H groups in total. The Morgan fingerprint density at radius 1 is 1.19 bits per heavy atom. The number of aryl methyl sites for hydroxylation is 1. The molecule has 0 spiro atoms. The lowest BCUT2D eigenvalue weighted by atomic mass is 10.1. The molecule has 136 valence electrons. The number of rotatable bonds is 4. The van der Waals surface area contributed by atoms with E-state index in [-0.39, 0.29) is 11.7 Å². The molecule has 0 bridgehead atoms. The van der Waals surface area contributed by atoms with Gasteiger partial charge in [-0.15, -0.1) is 0 Å². The van der Waals surface area contributed by atoms with Crippen LogP contribution in [0.5, 0.6) is 0 Å². The fourth-order valence-electron chi connectivity index (χ4n) is 3.04. The van der Waals surface area contributed by atoms with Crippen LogP contribution in [0.2, 0.25) is 0 Å². The van der Waals surface area contributed by atoms with Gasteiger partial charge in [0.2, 0.25) is 5.91 Å². The van der Waals surface area contributed by atoms with Crippen molar-refractivity contribution in [1.29, 1.82) is 0 Å². The summed E-state index contributed by atoms with van der Waals surface area (Å²) in [7, 11) is 0. The molecular formula is C20H22FN3O2. The van der Waals surface area contributed by atoms with Gasteiger partial charge in [-0.05, 0) is 48.2 Å². The molecule has 3 rings (SSSR count). The van der Waals surface area contributed by atoms with E-state index in [2.05, 4.69) is 10.6 Å². The summed E-state index contributed by atoms with van der Waals surface area (Å²) >= 11 is 0. The van der Waals surface area contributed by atoms with Crippen molar-refractivity contribution in [2.24, 2.45) is 0 Å². The van der Waals surface area contributed by atoms with E-state index in [0.717, 1.165) is 23.2 Å². The van der Waals surface area contributed by atoms with Crippen molar-refractivity contribution in [1.82, 2.24) is 5.32 Å². The van der Waals surface area contributed by atoms with Gasteiger partial charge < -0.3 is 15.5 Å². The number of nitrogens with zero attached hydrogens (tertiary/aromatic N) is 1. The van der Waals surface area contributed by atoms with Crippen molar-refractivity contribution >= 4 is 23.3 Å². The Hall–Kier alpha value is -2.89. The molecule has 0 atom stereocenters. The highest BCUT2D eigenvalue weighted by atomic mass is 19.1. The van der Waals surface area contributed by atoms with E-state index in [1.54, 1.807) is 19.1 Å². The quantitative estimate of drug-likeness (QED) is 0.877. The second kappa shape index (κ2) is 7.56. The van der Waals surface area contributed by atoms with Crippen LogP contribution < -0.4 is 15.5 Å². The van der Waals surface area contributed by atoms with Gasteiger partial charge in [0.25, 0.3) is 0 Å². The average Bonchev–Trinajstić information content (AvgIpc) is 3.05. The van der Waals surface area contributed by atoms with E-state index in [9.17, 15) is 14.0 Å². The second-order valence-corrected chi connectivity index (χ2v) is 6.38. The predicted octanol–water partition coefficient (Wildman–Crippen LogP) is 3.75. The van der Waals surface area contributed by atoms with Gasteiger partial charge in [0.15, 0.2) is 0 Å². The lowest BCUT2D eigenvalue weighted by Gasteiger charge is -2.16. The van der Waals surface area contributed by atoms with E-state index in [4.69, 9.17) is 0 Å². The minimum absolute atomic E-state index is 0.124. The summed E-state index contributed by atoms with van der Waals surface area (Å²) in [6.07, 6.45) is 1.31. The van der Waals surface area contributed by atoms with Gasteiger partial charge in [-0.2, -0.15) is 0 Å². The van der Waals surface area contributed by atoms with E-state index < -0.39 is 6.03 Å². The number of nitrogens with one attached hydrogen (secondary N) is 2. The molecule has 0 unspecified atom stereocenters. The van der Waals surface area contributed by atoms with Gasteiger partial charge >= 0.3 is 6.03 Å². The van der Waals surface area contributed by atoms with E-state index in [0.29, 0.717) is 30.8 Å². The van der Waals surface area contributed by atoms with Crippen molar-refractivity contribution in [3.63, 3.8) is 0 Å². The molecule has 2 aromatic carbocycles. The molecular weight excluding hydrogens is 333 g/mol. The highest BCUT2D eigenvalue weighted by Gasteiger charge is 2.23. The minimum Gasteiger partial charge on any atom is -0.334 e. The maximum Gasteiger partial charge on any atom is 0.319 e. The lowest BCUT2D eigenvalue weighted by molar-refractivity contribution is -0.118. The number of carbonyl (C=O) groups is 2. The molecule has 5 nitrogen and oxygen atoms in total. The summed E-state index contributed by atoms with van der Waals surface area (Å²) in [6, 6.07) is 10.0. The summed E-state index contributed by atoms with van der Waals surface area (Å²) in [5, 5.41) is 5.38. The van der Waals surface area contributed by atoms with Crippen molar-refractivity contribution in [3.8, 4) is 0 Å². The maximum absolute atomic E-state index is 13.5. The van der Waals surface area contributed by atoms with Crippen LogP contribution in [-0.2, 0) is 17.8 Å². The predicted molar refractivity (Wildman–Crippen MR) is 99.8 cm³/mol. The molecule has 0 aromatic heterocycles. The number of amides is 3. The fraction of sp³-hybridized carbons (Fsp3) is 0.300. The third-order valence-electron chi connectivity index (χ3n) is 4.53. The first-order valence-corrected chi connectivity index (χ1v) is 8.71. The van der Waals surface area contributed by atoms with Crippen molar-refractivity contribution in [2.45, 2.75) is 33.2 Å². The molecule has 0 aliphatic carbocycles. The molecule has 0 fully saturated rings. The van der Waals surface area contributed by atoms with Gasteiger partial charge in [0, 0.05) is 30.9 Å². The average molecular weight is 355 g/mol. The van der Waals surface area contributed by atoms with Crippen LogP contribution in [0.4, 0.5) is 20.6 Å². The number of hydrogen-bond donors (Lipinski definition) is 2. The summed E-state index contributed by atoms with van der Waals surface area (Å²) in [5.41, 5.74) is 3.98. The van der Waals surface area contributed by atoms with Gasteiger partial charge in [0.1, 0.15) is 5.82 Å². The molecule has 1 aliphatic rings. The number of carbonyl (C=O) groups excluding carboxylic acids is 2. The van der Waals surface area contributed by atoms with Crippen LogP contribution >= 0.6 is 0 Å². The second-order valence-electron chi connectivity index (χ2n) is 6.38. The topological polar surface area (TPSA) is 61.4 Å². The molecule has 1 aliphatic heterocycles. The number of anilines is 2. The third-order valence-corrected chi connectivity index (χ3v) is 4.53. The van der Waals surface area contributed by atoms with Gasteiger partial charge in [-0.1, -0.05) is 25.1 Å². The Bertz CT molecular complexity index is 851. The van der Waals surface area contributed by atoms with Crippen LogP contribution in [0.25, 0.3) is 0 Å². The van der Waals surface area contributed by atoms with Crippen LogP contribution in [0, 0.1) is 12.7 Å². The standard InChI is InChI=1S/C20H22FN3O2/c1-3-19(25)24-9-8-15-10-14(5-7-18(15)24)12-22-20(26)23-16-6-4-13(2)17(21)11-16/h4-7,10-11H,3,8-9,12H2,1-2H3,(H2,22,23,26). The van der Waals surface area contributed by atoms with E-state index in [1.165, 1.54) is 6.07 Å². The van der Waals surface area contributed by atoms with Crippen molar-refractivity contribution in [2.75, 3.05) is 16.8 Å². The number of hydrogen-bond acceptors (Lipinski definition) is 2. The molecule has 3 amide bonds. The summed E-state index contributed by atoms with van der Waals surface area (Å²) in [4.78, 5) is 25.7. The SMILES string of the molecule is CCC(=O)N1CCc2cc(CNC(=O)Nc3ccc(C)c(F)c3)ccc21. The maximum atomic E-state index is 13.5. The first-order valence-electron chi connectivity index (χ1n) is 8.71. The van der Waals surface area contributed by atoms with Crippen LogP contribution in [0.1, 0.15) is 30.0 Å². The first-order chi connectivity index (χ1) is 12.5. The smallest absolute Gasteiger partial charge is 0.319 e. The van der Waals surface area contributed by atoms with Crippen LogP contribution in [-0.4, -0.2) is 18.5 Å². The highest BCUT2D eigenvalue weighted by molar-refractivity contribution is 5.95. The number of fused-ring (bicyclic) bond motifs is 1. The van der Waals surface area contributed by atoms with Crippen LogP contribution in [0.15, 0.2) is 36.4 Å². The summed E-state index contributed by atoms with van der Waals surface area (Å²) in [5.74, 6) is -0.230. The zero-order chi connectivity index (χ0) is 18.7. The molecule has 0 saturated heterocycles. The van der Waals surface area contributed by atoms with Crippen LogP contribution in [0.3, 0.4) is 0 Å². The van der Waals surface area contributed by atoms with Gasteiger partial charge in [-0.25, -0.2) is 9.18 Å². The normalized spacial score (nSPS) is 12.7. The Kier molecular flexibility index (Phi) is 5.21. The minimum atomic E-state index is -0.392. The molecule has 0 radical (unpaired) electrons. The Labute approximate surface area is 152 Å². The monoisotopic (exact) mass is 355 g/mol. The lowest BCUT2D eigenvalue weighted by Crippen LogP contribution is -2.28. The highest BCUT2D eigenvalue weighted by Crippen LogP contribution is 2.29. The molecule has 1 heterocycles. The molecule has 26 heavy (non-hydrogen) atoms. The van der Waals surface area contributed by atoms with Crippen molar-refractivity contribution in [3.05, 3.63) is 58.9 Å². The Balaban J connectivity index is 1.59. The summed E-state index contributed by atoms with van der Waals surface area (Å²) in [6.45, 7) is 4.59. The molecule has 2 aromatic rings.